The Labute approximate surface area is 136 Å². The number of furan rings is 1. The standard InChI is InChI=1S/C14H8F2IN3O2/c15-7-4-10(8(16)3-9(7)17)20-12-6-5-19-2-1-11(6)22-13(12)14(18)21/h1-5,20H,(H2,18,21). The van der Waals surface area contributed by atoms with Crippen LogP contribution in [0.2, 0.25) is 0 Å². The monoisotopic (exact) mass is 415 g/mol. The Hall–Kier alpha value is -2.23. The lowest BCUT2D eigenvalue weighted by Crippen LogP contribution is -2.12. The first-order valence-corrected chi connectivity index (χ1v) is 7.13. The predicted octanol–water partition coefficient (Wildman–Crippen LogP) is 3.55. The van der Waals surface area contributed by atoms with Crippen molar-refractivity contribution >= 4 is 50.8 Å². The number of halogens is 3. The molecule has 22 heavy (non-hydrogen) atoms. The Kier molecular flexibility index (Phi) is 3.69. The summed E-state index contributed by atoms with van der Waals surface area (Å²) in [5.41, 5.74) is 5.64. The van der Waals surface area contributed by atoms with Gasteiger partial charge in [-0.25, -0.2) is 8.78 Å². The van der Waals surface area contributed by atoms with E-state index in [1.54, 1.807) is 22.6 Å². The second-order valence-electron chi connectivity index (χ2n) is 4.41. The van der Waals surface area contributed by atoms with Gasteiger partial charge in [0.25, 0.3) is 5.91 Å². The summed E-state index contributed by atoms with van der Waals surface area (Å²) in [4.78, 5) is 15.4. The highest BCUT2D eigenvalue weighted by Gasteiger charge is 2.20. The normalized spacial score (nSPS) is 10.9. The van der Waals surface area contributed by atoms with Gasteiger partial charge in [-0.2, -0.15) is 0 Å². The van der Waals surface area contributed by atoms with Gasteiger partial charge in [-0.05, 0) is 34.7 Å². The number of aromatic nitrogens is 1. The number of pyridine rings is 1. The lowest BCUT2D eigenvalue weighted by Gasteiger charge is -2.08. The van der Waals surface area contributed by atoms with Crippen LogP contribution in [0.4, 0.5) is 20.2 Å². The Morgan fingerprint density at radius 3 is 2.82 bits per heavy atom. The van der Waals surface area contributed by atoms with E-state index in [1.807, 2.05) is 0 Å². The maximum atomic E-state index is 14.0. The number of nitrogens with one attached hydrogen (secondary N) is 1. The molecular weight excluding hydrogens is 407 g/mol. The lowest BCUT2D eigenvalue weighted by atomic mass is 10.2. The molecule has 0 aliphatic heterocycles. The number of primary amides is 1. The van der Waals surface area contributed by atoms with Crippen LogP contribution >= 0.6 is 22.6 Å². The van der Waals surface area contributed by atoms with Crippen molar-refractivity contribution in [2.45, 2.75) is 0 Å². The van der Waals surface area contributed by atoms with E-state index in [0.29, 0.717) is 11.0 Å². The maximum Gasteiger partial charge on any atom is 0.286 e. The van der Waals surface area contributed by atoms with Crippen molar-refractivity contribution in [2.24, 2.45) is 5.73 Å². The number of anilines is 2. The number of fused-ring (bicyclic) bond motifs is 1. The van der Waals surface area contributed by atoms with E-state index in [9.17, 15) is 13.6 Å². The number of hydrogen-bond donors (Lipinski definition) is 2. The molecule has 0 bridgehead atoms. The Balaban J connectivity index is 2.16. The topological polar surface area (TPSA) is 81.2 Å². The van der Waals surface area contributed by atoms with Crippen LogP contribution in [-0.4, -0.2) is 10.9 Å². The van der Waals surface area contributed by atoms with E-state index < -0.39 is 17.5 Å². The fraction of sp³-hybridized carbons (Fsp3) is 0. The molecule has 5 nitrogen and oxygen atoms in total. The fourth-order valence-corrected chi connectivity index (χ4v) is 2.42. The molecule has 0 fully saturated rings. The van der Waals surface area contributed by atoms with Crippen LogP contribution in [0, 0.1) is 15.2 Å². The molecule has 2 aromatic heterocycles. The summed E-state index contributed by atoms with van der Waals surface area (Å²) < 4.78 is 33.1. The van der Waals surface area contributed by atoms with Gasteiger partial charge in [0.2, 0.25) is 5.76 Å². The number of rotatable bonds is 3. The molecule has 1 amide bonds. The zero-order valence-electron chi connectivity index (χ0n) is 10.9. The number of carbonyl (C=O) groups is 1. The van der Waals surface area contributed by atoms with Gasteiger partial charge in [-0.3, -0.25) is 9.78 Å². The number of carbonyl (C=O) groups excluding carboxylic acids is 1. The molecular formula is C14H8F2IN3O2. The van der Waals surface area contributed by atoms with Gasteiger partial charge in [0.1, 0.15) is 22.9 Å². The number of hydrogen-bond acceptors (Lipinski definition) is 4. The predicted molar refractivity (Wildman–Crippen MR) is 84.9 cm³/mol. The van der Waals surface area contributed by atoms with Crippen molar-refractivity contribution in [3.8, 4) is 0 Å². The maximum absolute atomic E-state index is 14.0. The lowest BCUT2D eigenvalue weighted by molar-refractivity contribution is 0.0977. The molecule has 0 saturated heterocycles. The third-order valence-electron chi connectivity index (χ3n) is 2.98. The quantitative estimate of drug-likeness (QED) is 0.507. The molecule has 0 aliphatic carbocycles. The smallest absolute Gasteiger partial charge is 0.286 e. The van der Waals surface area contributed by atoms with Crippen molar-refractivity contribution < 1.29 is 18.0 Å². The van der Waals surface area contributed by atoms with Gasteiger partial charge in [0.15, 0.2) is 0 Å². The first kappa shape index (κ1) is 14.7. The number of amides is 1. The molecule has 0 spiro atoms. The number of nitrogens with two attached hydrogens (primary N) is 1. The number of benzene rings is 1. The molecule has 0 unspecified atom stereocenters. The summed E-state index contributed by atoms with van der Waals surface area (Å²) in [5.74, 6) is -2.26. The molecule has 0 saturated carbocycles. The van der Waals surface area contributed by atoms with Crippen LogP contribution in [-0.2, 0) is 0 Å². The summed E-state index contributed by atoms with van der Waals surface area (Å²) in [6.07, 6.45) is 2.92. The van der Waals surface area contributed by atoms with Crippen molar-refractivity contribution in [1.29, 1.82) is 0 Å². The van der Waals surface area contributed by atoms with E-state index in [1.165, 1.54) is 18.5 Å². The highest BCUT2D eigenvalue weighted by Crippen LogP contribution is 2.33. The van der Waals surface area contributed by atoms with Gasteiger partial charge >= 0.3 is 0 Å². The van der Waals surface area contributed by atoms with Gasteiger partial charge in [-0.15, -0.1) is 0 Å². The molecule has 0 atom stereocenters. The van der Waals surface area contributed by atoms with E-state index in [4.69, 9.17) is 10.2 Å². The minimum absolute atomic E-state index is 0.132. The van der Waals surface area contributed by atoms with Crippen molar-refractivity contribution in [1.82, 2.24) is 4.98 Å². The van der Waals surface area contributed by atoms with E-state index in [2.05, 4.69) is 10.3 Å². The van der Waals surface area contributed by atoms with Crippen LogP contribution < -0.4 is 11.1 Å². The Morgan fingerprint density at radius 2 is 2.09 bits per heavy atom. The second kappa shape index (κ2) is 5.52. The minimum atomic E-state index is -0.829. The summed E-state index contributed by atoms with van der Waals surface area (Å²) in [5, 5.41) is 3.10. The molecule has 2 heterocycles. The van der Waals surface area contributed by atoms with Crippen molar-refractivity contribution in [3.63, 3.8) is 0 Å². The van der Waals surface area contributed by atoms with Gasteiger partial charge < -0.3 is 15.5 Å². The fourth-order valence-electron chi connectivity index (χ4n) is 1.99. The number of nitrogens with zero attached hydrogens (tertiary/aromatic N) is 1. The third-order valence-corrected chi connectivity index (χ3v) is 3.81. The zero-order chi connectivity index (χ0) is 15.9. The molecule has 0 aliphatic rings. The molecule has 112 valence electrons. The SMILES string of the molecule is NC(=O)c1oc2ccncc2c1Nc1cc(F)c(I)cc1F. The third kappa shape index (κ3) is 2.49. The second-order valence-corrected chi connectivity index (χ2v) is 5.58. The molecule has 0 radical (unpaired) electrons. The molecule has 3 N–H and O–H groups in total. The summed E-state index contributed by atoms with van der Waals surface area (Å²) >= 11 is 1.68. The zero-order valence-corrected chi connectivity index (χ0v) is 13.0. The van der Waals surface area contributed by atoms with Crippen LogP contribution in [0.3, 0.4) is 0 Å². The van der Waals surface area contributed by atoms with Gasteiger partial charge in [0, 0.05) is 18.5 Å². The Morgan fingerprint density at radius 1 is 1.32 bits per heavy atom. The molecule has 1 aromatic carbocycles. The molecule has 3 rings (SSSR count). The van der Waals surface area contributed by atoms with Crippen molar-refractivity contribution in [2.75, 3.05) is 5.32 Å². The van der Waals surface area contributed by atoms with Crippen LogP contribution in [0.15, 0.2) is 35.0 Å². The largest absolute Gasteiger partial charge is 0.448 e. The van der Waals surface area contributed by atoms with Crippen LogP contribution in [0.5, 0.6) is 0 Å². The highest BCUT2D eigenvalue weighted by molar-refractivity contribution is 14.1. The van der Waals surface area contributed by atoms with Crippen LogP contribution in [0.1, 0.15) is 10.6 Å². The first-order chi connectivity index (χ1) is 10.5. The van der Waals surface area contributed by atoms with Gasteiger partial charge in [-0.1, -0.05) is 0 Å². The molecule has 8 heteroatoms. The van der Waals surface area contributed by atoms with Gasteiger partial charge in [0.05, 0.1) is 14.6 Å². The van der Waals surface area contributed by atoms with E-state index in [-0.39, 0.29) is 20.7 Å². The van der Waals surface area contributed by atoms with E-state index >= 15 is 0 Å². The van der Waals surface area contributed by atoms with Crippen LogP contribution in [0.25, 0.3) is 11.0 Å². The van der Waals surface area contributed by atoms with Crippen molar-refractivity contribution in [3.05, 3.63) is 51.6 Å². The average molecular weight is 415 g/mol. The first-order valence-electron chi connectivity index (χ1n) is 6.05. The van der Waals surface area contributed by atoms with E-state index in [0.717, 1.165) is 12.1 Å². The summed E-state index contributed by atoms with van der Waals surface area (Å²) in [7, 11) is 0. The highest BCUT2D eigenvalue weighted by atomic mass is 127. The summed E-state index contributed by atoms with van der Waals surface area (Å²) in [6, 6.07) is 3.58. The average Bonchev–Trinajstić information content (AvgIpc) is 2.84. The minimum Gasteiger partial charge on any atom is -0.448 e. The molecule has 3 aromatic rings. The Bertz CT molecular complexity index is 895. The summed E-state index contributed by atoms with van der Waals surface area (Å²) in [6.45, 7) is 0.